The zero-order valence-corrected chi connectivity index (χ0v) is 12.3. The van der Waals surface area contributed by atoms with Crippen LogP contribution in [0.5, 0.6) is 0 Å². The van der Waals surface area contributed by atoms with Crippen molar-refractivity contribution in [2.24, 2.45) is 5.92 Å². The number of hydrogen-bond acceptors (Lipinski definition) is 4. The fraction of sp³-hybridized carbons (Fsp3) is 0.600. The highest BCUT2D eigenvalue weighted by Crippen LogP contribution is 2.17. The first-order valence-electron chi connectivity index (χ1n) is 7.55. The average Bonchev–Trinajstić information content (AvgIpc) is 2.91. The van der Waals surface area contributed by atoms with Crippen LogP contribution in [-0.4, -0.2) is 40.8 Å². The highest BCUT2D eigenvalue weighted by Gasteiger charge is 2.19. The van der Waals surface area contributed by atoms with E-state index in [1.54, 1.807) is 0 Å². The van der Waals surface area contributed by atoms with Crippen LogP contribution in [0.25, 0.3) is 5.65 Å². The van der Waals surface area contributed by atoms with Gasteiger partial charge in [-0.2, -0.15) is 4.98 Å². The van der Waals surface area contributed by atoms with Crippen LogP contribution in [0.15, 0.2) is 18.3 Å². The Kier molecular flexibility index (Phi) is 3.87. The number of nitrogens with zero attached hydrogens (tertiary/aromatic N) is 4. The normalized spacial score (nSPS) is 19.4. The number of hydrogen-bond donors (Lipinski definition) is 1. The van der Waals surface area contributed by atoms with E-state index in [4.69, 9.17) is 4.98 Å². The van der Waals surface area contributed by atoms with Crippen molar-refractivity contribution in [3.8, 4) is 0 Å². The Morgan fingerprint density at radius 1 is 1.50 bits per heavy atom. The summed E-state index contributed by atoms with van der Waals surface area (Å²) >= 11 is 0. The van der Waals surface area contributed by atoms with Crippen molar-refractivity contribution in [2.45, 2.75) is 26.7 Å². The van der Waals surface area contributed by atoms with Gasteiger partial charge in [0.15, 0.2) is 5.65 Å². The molecule has 5 nitrogen and oxygen atoms in total. The summed E-state index contributed by atoms with van der Waals surface area (Å²) in [6, 6.07) is 4.09. The summed E-state index contributed by atoms with van der Waals surface area (Å²) in [7, 11) is 0. The lowest BCUT2D eigenvalue weighted by molar-refractivity contribution is 0.376. The monoisotopic (exact) mass is 273 g/mol. The van der Waals surface area contributed by atoms with Crippen molar-refractivity contribution in [1.82, 2.24) is 19.9 Å². The van der Waals surface area contributed by atoms with Gasteiger partial charge in [-0.1, -0.05) is 6.07 Å². The number of fused-ring (bicyclic) bond motifs is 1. The summed E-state index contributed by atoms with van der Waals surface area (Å²) in [5.74, 6) is 1.56. The molecule has 1 N–H and O–H groups in total. The van der Waals surface area contributed by atoms with E-state index in [0.717, 1.165) is 37.8 Å². The number of aromatic nitrogens is 3. The molecule has 2 aromatic heterocycles. The number of piperidine rings is 1. The van der Waals surface area contributed by atoms with E-state index in [2.05, 4.69) is 35.2 Å². The highest BCUT2D eigenvalue weighted by molar-refractivity contribution is 5.50. The third-order valence-electron chi connectivity index (χ3n) is 4.09. The Hall–Kier alpha value is -1.62. The van der Waals surface area contributed by atoms with Gasteiger partial charge < -0.3 is 10.2 Å². The SMILES string of the molecule is CCN(CC1CCCNC1)c1nc2c(C)cccn2n1. The summed E-state index contributed by atoms with van der Waals surface area (Å²) in [4.78, 5) is 7.00. The zero-order valence-electron chi connectivity index (χ0n) is 12.3. The van der Waals surface area contributed by atoms with Crippen LogP contribution in [0.1, 0.15) is 25.3 Å². The standard InChI is InChI=1S/C15H23N5/c1-3-19(11-13-7-4-8-16-10-13)15-17-14-12(2)6-5-9-20(14)18-15/h5-6,9,13,16H,3-4,7-8,10-11H2,1-2H3. The molecule has 0 amide bonds. The maximum absolute atomic E-state index is 4.71. The van der Waals surface area contributed by atoms with Crippen LogP contribution in [0, 0.1) is 12.8 Å². The topological polar surface area (TPSA) is 45.5 Å². The molecule has 0 aliphatic carbocycles. The van der Waals surface area contributed by atoms with Gasteiger partial charge in [-0.05, 0) is 57.3 Å². The highest BCUT2D eigenvalue weighted by atomic mass is 15.4. The molecule has 1 saturated heterocycles. The van der Waals surface area contributed by atoms with Gasteiger partial charge in [0.1, 0.15) is 0 Å². The third kappa shape index (κ3) is 2.63. The first-order valence-corrected chi connectivity index (χ1v) is 7.55. The smallest absolute Gasteiger partial charge is 0.245 e. The molecule has 2 aromatic rings. The number of pyridine rings is 1. The van der Waals surface area contributed by atoms with Crippen LogP contribution in [0.2, 0.25) is 0 Å². The summed E-state index contributed by atoms with van der Waals surface area (Å²) in [5.41, 5.74) is 2.13. The van der Waals surface area contributed by atoms with Gasteiger partial charge in [-0.25, -0.2) is 4.52 Å². The van der Waals surface area contributed by atoms with Crippen molar-refractivity contribution in [3.63, 3.8) is 0 Å². The Balaban J connectivity index is 1.81. The van der Waals surface area contributed by atoms with E-state index in [0.29, 0.717) is 5.92 Å². The fourth-order valence-electron chi connectivity index (χ4n) is 2.91. The molecule has 0 saturated carbocycles. The first kappa shape index (κ1) is 13.4. The van der Waals surface area contributed by atoms with Gasteiger partial charge in [0.05, 0.1) is 0 Å². The number of anilines is 1. The maximum Gasteiger partial charge on any atom is 0.245 e. The maximum atomic E-state index is 4.71. The predicted octanol–water partition coefficient (Wildman–Crippen LogP) is 1.86. The average molecular weight is 273 g/mol. The van der Waals surface area contributed by atoms with Gasteiger partial charge in [0, 0.05) is 19.3 Å². The first-order chi connectivity index (χ1) is 9.78. The molecule has 0 aromatic carbocycles. The minimum Gasteiger partial charge on any atom is -0.339 e. The molecule has 108 valence electrons. The van der Waals surface area contributed by atoms with Crippen LogP contribution >= 0.6 is 0 Å². The van der Waals surface area contributed by atoms with Crippen molar-refractivity contribution in [1.29, 1.82) is 0 Å². The van der Waals surface area contributed by atoms with Crippen LogP contribution in [0.4, 0.5) is 5.95 Å². The van der Waals surface area contributed by atoms with E-state index in [1.807, 2.05) is 16.8 Å². The van der Waals surface area contributed by atoms with Crippen LogP contribution in [0.3, 0.4) is 0 Å². The van der Waals surface area contributed by atoms with Gasteiger partial charge in [-0.3, -0.25) is 0 Å². The van der Waals surface area contributed by atoms with E-state index >= 15 is 0 Å². The summed E-state index contributed by atoms with van der Waals surface area (Å²) in [6.45, 7) is 8.52. The Morgan fingerprint density at radius 2 is 2.40 bits per heavy atom. The molecule has 5 heteroatoms. The molecule has 1 aliphatic heterocycles. The van der Waals surface area contributed by atoms with E-state index in [9.17, 15) is 0 Å². The molecule has 20 heavy (non-hydrogen) atoms. The molecule has 0 bridgehead atoms. The van der Waals surface area contributed by atoms with Gasteiger partial charge in [0.2, 0.25) is 5.95 Å². The summed E-state index contributed by atoms with van der Waals surface area (Å²) < 4.78 is 1.88. The van der Waals surface area contributed by atoms with Gasteiger partial charge in [-0.15, -0.1) is 5.10 Å². The van der Waals surface area contributed by atoms with Crippen molar-refractivity contribution in [3.05, 3.63) is 23.9 Å². The lowest BCUT2D eigenvalue weighted by Crippen LogP contribution is -2.38. The van der Waals surface area contributed by atoms with Crippen LogP contribution in [-0.2, 0) is 0 Å². The van der Waals surface area contributed by atoms with E-state index in [-0.39, 0.29) is 0 Å². The molecule has 3 heterocycles. The van der Waals surface area contributed by atoms with Crippen molar-refractivity contribution in [2.75, 3.05) is 31.1 Å². The van der Waals surface area contributed by atoms with Gasteiger partial charge in [0.25, 0.3) is 0 Å². The molecule has 3 rings (SSSR count). The van der Waals surface area contributed by atoms with Crippen molar-refractivity contribution >= 4 is 11.6 Å². The molecule has 1 atom stereocenters. The third-order valence-corrected chi connectivity index (χ3v) is 4.09. The quantitative estimate of drug-likeness (QED) is 0.923. The van der Waals surface area contributed by atoms with E-state index < -0.39 is 0 Å². The molecular formula is C15H23N5. The molecule has 0 radical (unpaired) electrons. The second-order valence-corrected chi connectivity index (χ2v) is 5.62. The molecule has 1 fully saturated rings. The minimum absolute atomic E-state index is 0.705. The Morgan fingerprint density at radius 3 is 3.10 bits per heavy atom. The van der Waals surface area contributed by atoms with E-state index in [1.165, 1.54) is 18.4 Å². The van der Waals surface area contributed by atoms with Crippen molar-refractivity contribution < 1.29 is 0 Å². The Labute approximate surface area is 120 Å². The lowest BCUT2D eigenvalue weighted by Gasteiger charge is -2.28. The molecule has 1 unspecified atom stereocenters. The second-order valence-electron chi connectivity index (χ2n) is 5.62. The summed E-state index contributed by atoms with van der Waals surface area (Å²) in [6.07, 6.45) is 4.55. The number of nitrogens with one attached hydrogen (secondary N) is 1. The largest absolute Gasteiger partial charge is 0.339 e. The minimum atomic E-state index is 0.705. The summed E-state index contributed by atoms with van der Waals surface area (Å²) in [5, 5.41) is 8.10. The number of aryl methyl sites for hydroxylation is 1. The molecule has 1 aliphatic rings. The zero-order chi connectivity index (χ0) is 13.9. The second kappa shape index (κ2) is 5.79. The van der Waals surface area contributed by atoms with Crippen LogP contribution < -0.4 is 10.2 Å². The Bertz CT molecular complexity index is 571. The lowest BCUT2D eigenvalue weighted by atomic mass is 9.99. The number of rotatable bonds is 4. The molecular weight excluding hydrogens is 250 g/mol. The molecule has 0 spiro atoms. The van der Waals surface area contributed by atoms with Gasteiger partial charge >= 0.3 is 0 Å². The predicted molar refractivity (Wildman–Crippen MR) is 81.2 cm³/mol. The fourth-order valence-corrected chi connectivity index (χ4v) is 2.91.